The van der Waals surface area contributed by atoms with E-state index in [1.807, 2.05) is 0 Å². The Balaban J connectivity index is 2.85. The van der Waals surface area contributed by atoms with Crippen LogP contribution in [0.2, 0.25) is 0 Å². The molecule has 1 N–H and O–H groups in total. The van der Waals surface area contributed by atoms with E-state index in [0.717, 1.165) is 13.0 Å². The van der Waals surface area contributed by atoms with E-state index in [4.69, 9.17) is 0 Å². The van der Waals surface area contributed by atoms with Gasteiger partial charge in [-0.2, -0.15) is 0 Å². The normalized spacial score (nSPS) is 10.0. The molecule has 0 aliphatic heterocycles. The summed E-state index contributed by atoms with van der Waals surface area (Å²) in [6, 6.07) is 0. The lowest BCUT2D eigenvalue weighted by atomic mass is 10.3. The van der Waals surface area contributed by atoms with Gasteiger partial charge in [0.05, 0.1) is 0 Å². The van der Waals surface area contributed by atoms with E-state index in [1.165, 1.54) is 29.4 Å². The molecule has 2 heteroatoms. The molecule has 0 aromatic rings. The van der Waals surface area contributed by atoms with Gasteiger partial charge in [-0.1, -0.05) is 19.9 Å². The Morgan fingerprint density at radius 3 is 2.55 bits per heavy atom. The molecular weight excluding hydrogens is 249 g/mol. The van der Waals surface area contributed by atoms with Gasteiger partial charge in [-0.3, -0.25) is 0 Å². The quantitative estimate of drug-likeness (QED) is 0.552. The molecule has 0 heterocycles. The van der Waals surface area contributed by atoms with Crippen molar-refractivity contribution in [2.24, 2.45) is 0 Å². The number of hydrogen-bond acceptors (Lipinski definition) is 1. The number of nitrogens with one attached hydrogen (secondary N) is 1. The Morgan fingerprint density at radius 2 is 2.00 bits per heavy atom. The van der Waals surface area contributed by atoms with E-state index in [2.05, 4.69) is 41.4 Å². The molecule has 0 aliphatic carbocycles. The summed E-state index contributed by atoms with van der Waals surface area (Å²) in [5, 5.41) is 3.40. The fraction of sp³-hybridized carbons (Fsp3) is 0.778. The summed E-state index contributed by atoms with van der Waals surface area (Å²) < 4.78 is 1.26. The molecule has 11 heavy (non-hydrogen) atoms. The van der Waals surface area contributed by atoms with Gasteiger partial charge >= 0.3 is 0 Å². The lowest BCUT2D eigenvalue weighted by Gasteiger charge is -2.01. The van der Waals surface area contributed by atoms with Crippen molar-refractivity contribution in [3.63, 3.8) is 0 Å². The predicted molar refractivity (Wildman–Crippen MR) is 60.2 cm³/mol. The van der Waals surface area contributed by atoms with Crippen LogP contribution in [0, 0.1) is 0 Å². The molecule has 0 spiro atoms. The largest absolute Gasteiger partial charge is 0.317 e. The van der Waals surface area contributed by atoms with Gasteiger partial charge in [-0.15, -0.1) is 0 Å². The highest BCUT2D eigenvalue weighted by Gasteiger charge is 1.88. The van der Waals surface area contributed by atoms with E-state index >= 15 is 0 Å². The molecule has 0 rings (SSSR count). The fourth-order valence-corrected chi connectivity index (χ4v) is 1.21. The summed E-state index contributed by atoms with van der Waals surface area (Å²) in [6.45, 7) is 8.38. The first-order chi connectivity index (χ1) is 5.27. The molecule has 0 aromatic heterocycles. The average molecular weight is 267 g/mol. The Labute approximate surface area is 83.8 Å². The summed E-state index contributed by atoms with van der Waals surface area (Å²) in [7, 11) is 0. The first kappa shape index (κ1) is 11.4. The monoisotopic (exact) mass is 267 g/mol. The average Bonchev–Trinajstić information content (AvgIpc) is 1.96. The molecule has 0 amide bonds. The van der Waals surface area contributed by atoms with Crippen LogP contribution in [0.5, 0.6) is 0 Å². The minimum absolute atomic E-state index is 1.14. The van der Waals surface area contributed by atoms with Crippen molar-refractivity contribution in [3.05, 3.63) is 10.2 Å². The lowest BCUT2D eigenvalue weighted by molar-refractivity contribution is 0.620. The Morgan fingerprint density at radius 1 is 1.36 bits per heavy atom. The number of unbranched alkanes of at least 4 members (excludes halogenated alkanes) is 1. The highest BCUT2D eigenvalue weighted by Crippen LogP contribution is 2.08. The number of hydrogen-bond donors (Lipinski definition) is 1. The first-order valence-corrected chi connectivity index (χ1v) is 5.39. The van der Waals surface area contributed by atoms with Crippen molar-refractivity contribution >= 4 is 22.6 Å². The maximum atomic E-state index is 3.85. The van der Waals surface area contributed by atoms with Gasteiger partial charge in [-0.05, 0) is 58.5 Å². The molecule has 0 unspecified atom stereocenters. The molecule has 0 aliphatic rings. The zero-order valence-corrected chi connectivity index (χ0v) is 9.49. The Bertz CT molecular complexity index is 102. The van der Waals surface area contributed by atoms with Gasteiger partial charge in [0.25, 0.3) is 0 Å². The topological polar surface area (TPSA) is 12.0 Å². The third-order valence-electron chi connectivity index (χ3n) is 1.51. The summed E-state index contributed by atoms with van der Waals surface area (Å²) >= 11 is 2.29. The molecule has 0 bridgehead atoms. The van der Waals surface area contributed by atoms with Crippen LogP contribution in [0.4, 0.5) is 0 Å². The van der Waals surface area contributed by atoms with Crippen molar-refractivity contribution in [1.82, 2.24) is 5.32 Å². The van der Waals surface area contributed by atoms with Crippen LogP contribution < -0.4 is 5.32 Å². The second kappa shape index (κ2) is 8.53. The second-order valence-electron chi connectivity index (χ2n) is 2.72. The summed E-state index contributed by atoms with van der Waals surface area (Å²) in [4.78, 5) is 0. The van der Waals surface area contributed by atoms with Crippen LogP contribution in [-0.4, -0.2) is 13.1 Å². The van der Waals surface area contributed by atoms with Crippen molar-refractivity contribution in [2.45, 2.75) is 32.6 Å². The van der Waals surface area contributed by atoms with Crippen molar-refractivity contribution in [2.75, 3.05) is 13.1 Å². The summed E-state index contributed by atoms with van der Waals surface area (Å²) in [5.74, 6) is 0. The Kier molecular flexibility index (Phi) is 8.86. The van der Waals surface area contributed by atoms with Crippen molar-refractivity contribution in [3.8, 4) is 0 Å². The van der Waals surface area contributed by atoms with Crippen LogP contribution in [0.15, 0.2) is 10.2 Å². The summed E-state index contributed by atoms with van der Waals surface area (Å²) in [6.07, 6.45) is 4.96. The van der Waals surface area contributed by atoms with Crippen LogP contribution in [0.25, 0.3) is 0 Å². The maximum absolute atomic E-state index is 3.85. The lowest BCUT2D eigenvalue weighted by Crippen LogP contribution is -2.16. The molecule has 0 fully saturated rings. The molecular formula is C9H18IN. The first-order valence-electron chi connectivity index (χ1n) is 4.31. The van der Waals surface area contributed by atoms with Gasteiger partial charge < -0.3 is 5.32 Å². The van der Waals surface area contributed by atoms with Crippen molar-refractivity contribution < 1.29 is 0 Å². The number of rotatable bonds is 7. The zero-order chi connectivity index (χ0) is 8.53. The molecule has 0 saturated heterocycles. The van der Waals surface area contributed by atoms with Gasteiger partial charge in [-0.25, -0.2) is 0 Å². The second-order valence-corrected chi connectivity index (χ2v) is 4.25. The number of halogens is 1. The zero-order valence-electron chi connectivity index (χ0n) is 7.33. The predicted octanol–water partition coefficient (Wildman–Crippen LogP) is 3.11. The van der Waals surface area contributed by atoms with E-state index in [0.29, 0.717) is 0 Å². The minimum atomic E-state index is 1.14. The highest BCUT2D eigenvalue weighted by atomic mass is 127. The van der Waals surface area contributed by atoms with Crippen molar-refractivity contribution in [1.29, 1.82) is 0 Å². The fourth-order valence-electron chi connectivity index (χ4n) is 0.832. The third kappa shape index (κ3) is 10.4. The SMILES string of the molecule is C=C(I)CCCNCCCC. The third-order valence-corrected chi connectivity index (χ3v) is 2.05. The van der Waals surface area contributed by atoms with E-state index in [-0.39, 0.29) is 0 Å². The van der Waals surface area contributed by atoms with Gasteiger partial charge in [0.15, 0.2) is 0 Å². The van der Waals surface area contributed by atoms with Gasteiger partial charge in [0.1, 0.15) is 0 Å². The van der Waals surface area contributed by atoms with Crippen LogP contribution in [-0.2, 0) is 0 Å². The smallest absolute Gasteiger partial charge is 0.00456 e. The molecule has 0 aromatic carbocycles. The highest BCUT2D eigenvalue weighted by molar-refractivity contribution is 14.1. The maximum Gasteiger partial charge on any atom is -0.00456 e. The van der Waals surface area contributed by atoms with E-state index in [9.17, 15) is 0 Å². The van der Waals surface area contributed by atoms with Crippen LogP contribution in [0.3, 0.4) is 0 Å². The summed E-state index contributed by atoms with van der Waals surface area (Å²) in [5.41, 5.74) is 0. The van der Waals surface area contributed by atoms with Gasteiger partial charge in [0, 0.05) is 0 Å². The number of allylic oxidation sites excluding steroid dienone is 1. The standard InChI is InChI=1S/C9H18IN/c1-3-4-7-11-8-5-6-9(2)10/h11H,2-8H2,1H3. The molecule has 0 radical (unpaired) electrons. The van der Waals surface area contributed by atoms with Crippen LogP contribution >= 0.6 is 22.6 Å². The molecule has 0 saturated carbocycles. The minimum Gasteiger partial charge on any atom is -0.317 e. The van der Waals surface area contributed by atoms with E-state index < -0.39 is 0 Å². The van der Waals surface area contributed by atoms with Gasteiger partial charge in [0.2, 0.25) is 0 Å². The molecule has 1 nitrogen and oxygen atoms in total. The molecule has 0 atom stereocenters. The Hall–Kier alpha value is 0.430. The van der Waals surface area contributed by atoms with E-state index in [1.54, 1.807) is 0 Å². The van der Waals surface area contributed by atoms with Crippen LogP contribution in [0.1, 0.15) is 32.6 Å². The molecule has 66 valence electrons.